The molecular weight excluding hydrogens is 482 g/mol. The van der Waals surface area contributed by atoms with Gasteiger partial charge in [0.25, 0.3) is 5.56 Å². The number of amides is 1. The number of hydrogen-bond acceptors (Lipinski definition) is 7. The van der Waals surface area contributed by atoms with Gasteiger partial charge in [-0.3, -0.25) is 14.2 Å². The smallest absolute Gasteiger partial charge is 0.337 e. The monoisotopic (exact) mass is 509 g/mol. The second kappa shape index (κ2) is 10.3. The molecule has 0 saturated carbocycles. The number of benzene rings is 2. The number of anilines is 1. The first-order valence-electron chi connectivity index (χ1n) is 11.3. The van der Waals surface area contributed by atoms with Crippen molar-refractivity contribution < 1.29 is 19.0 Å². The SMILES string of the molecule is CCOc1ccc(-n2c(=O)c3c(C)c(C)sc3n(CC(=O)Nc3cc(OC)ccc3OC)c2=O)cc1. The third kappa shape index (κ3) is 4.59. The fraction of sp³-hybridized carbons (Fsp3) is 0.269. The van der Waals surface area contributed by atoms with E-state index in [-0.39, 0.29) is 6.54 Å². The Kier molecular flexibility index (Phi) is 7.16. The molecule has 4 rings (SSSR count). The minimum absolute atomic E-state index is 0.299. The number of ether oxygens (including phenoxy) is 3. The largest absolute Gasteiger partial charge is 0.497 e. The lowest BCUT2D eigenvalue weighted by Gasteiger charge is -2.14. The van der Waals surface area contributed by atoms with Crippen molar-refractivity contribution in [2.75, 3.05) is 26.1 Å². The summed E-state index contributed by atoms with van der Waals surface area (Å²) >= 11 is 1.31. The number of aromatic nitrogens is 2. The Bertz CT molecular complexity index is 1550. The minimum Gasteiger partial charge on any atom is -0.497 e. The van der Waals surface area contributed by atoms with Crippen LogP contribution in [0.15, 0.2) is 52.1 Å². The molecule has 36 heavy (non-hydrogen) atoms. The Morgan fingerprint density at radius 1 is 1.00 bits per heavy atom. The summed E-state index contributed by atoms with van der Waals surface area (Å²) in [5, 5.41) is 3.20. The zero-order valence-corrected chi connectivity index (χ0v) is 21.5. The molecule has 0 aliphatic rings. The highest BCUT2D eigenvalue weighted by atomic mass is 32.1. The minimum atomic E-state index is -0.606. The number of hydrogen-bond donors (Lipinski definition) is 1. The molecule has 0 spiro atoms. The second-order valence-corrected chi connectivity index (χ2v) is 9.22. The summed E-state index contributed by atoms with van der Waals surface area (Å²) in [4.78, 5) is 41.6. The average molecular weight is 510 g/mol. The summed E-state index contributed by atoms with van der Waals surface area (Å²) in [6.07, 6.45) is 0. The van der Waals surface area contributed by atoms with Crippen molar-refractivity contribution >= 4 is 33.1 Å². The molecule has 0 atom stereocenters. The Hall–Kier alpha value is -4.05. The maximum absolute atomic E-state index is 13.6. The lowest BCUT2D eigenvalue weighted by atomic mass is 10.2. The molecule has 0 aliphatic carbocycles. The Morgan fingerprint density at radius 2 is 1.69 bits per heavy atom. The van der Waals surface area contributed by atoms with Crippen LogP contribution in [-0.2, 0) is 11.3 Å². The van der Waals surface area contributed by atoms with Gasteiger partial charge in [-0.25, -0.2) is 9.36 Å². The fourth-order valence-corrected chi connectivity index (χ4v) is 5.07. The number of fused-ring (bicyclic) bond motifs is 1. The molecule has 4 aromatic rings. The van der Waals surface area contributed by atoms with Crippen LogP contribution >= 0.6 is 11.3 Å². The van der Waals surface area contributed by atoms with Gasteiger partial charge in [0.05, 0.1) is 37.6 Å². The van der Waals surface area contributed by atoms with Crippen LogP contribution in [-0.4, -0.2) is 35.9 Å². The summed E-state index contributed by atoms with van der Waals surface area (Å²) in [5.74, 6) is 1.17. The zero-order chi connectivity index (χ0) is 26.0. The maximum atomic E-state index is 13.6. The number of thiophene rings is 1. The number of nitrogens with one attached hydrogen (secondary N) is 1. The molecule has 0 fully saturated rings. The van der Waals surface area contributed by atoms with E-state index in [2.05, 4.69) is 5.32 Å². The van der Waals surface area contributed by atoms with E-state index in [9.17, 15) is 14.4 Å². The van der Waals surface area contributed by atoms with Crippen LogP contribution in [0.5, 0.6) is 17.2 Å². The van der Waals surface area contributed by atoms with Gasteiger partial charge in [0.15, 0.2) is 0 Å². The van der Waals surface area contributed by atoms with Crippen LogP contribution in [0, 0.1) is 13.8 Å². The molecule has 1 amide bonds. The van der Waals surface area contributed by atoms with Gasteiger partial charge in [0.2, 0.25) is 5.91 Å². The molecule has 2 aromatic heterocycles. The molecule has 0 aliphatic heterocycles. The molecule has 0 unspecified atom stereocenters. The van der Waals surface area contributed by atoms with Gasteiger partial charge in [-0.15, -0.1) is 11.3 Å². The molecule has 0 bridgehead atoms. The molecule has 2 aromatic carbocycles. The Morgan fingerprint density at radius 3 is 2.33 bits per heavy atom. The van der Waals surface area contributed by atoms with Gasteiger partial charge in [-0.1, -0.05) is 0 Å². The zero-order valence-electron chi connectivity index (χ0n) is 20.7. The number of aryl methyl sites for hydroxylation is 2. The number of carbonyl (C=O) groups excluding carboxylic acids is 1. The highest BCUT2D eigenvalue weighted by molar-refractivity contribution is 7.18. The second-order valence-electron chi connectivity index (χ2n) is 8.01. The van der Waals surface area contributed by atoms with Gasteiger partial charge in [-0.05, 0) is 62.7 Å². The third-order valence-corrected chi connectivity index (χ3v) is 7.07. The van der Waals surface area contributed by atoms with E-state index in [0.717, 1.165) is 15.0 Å². The van der Waals surface area contributed by atoms with Crippen molar-refractivity contribution in [3.8, 4) is 22.9 Å². The van der Waals surface area contributed by atoms with Crippen LogP contribution in [0.1, 0.15) is 17.4 Å². The Labute approximate surface area is 211 Å². The quantitative estimate of drug-likeness (QED) is 0.387. The molecule has 9 nitrogen and oxygen atoms in total. The van der Waals surface area contributed by atoms with E-state index < -0.39 is 17.2 Å². The van der Waals surface area contributed by atoms with E-state index in [0.29, 0.717) is 45.4 Å². The normalized spacial score (nSPS) is 10.9. The van der Waals surface area contributed by atoms with Crippen LogP contribution in [0.3, 0.4) is 0 Å². The van der Waals surface area contributed by atoms with Crippen molar-refractivity contribution in [3.63, 3.8) is 0 Å². The number of methoxy groups -OCH3 is 2. The molecular formula is C26H27N3O6S. The first-order valence-corrected chi connectivity index (χ1v) is 12.1. The van der Waals surface area contributed by atoms with Crippen molar-refractivity contribution in [1.82, 2.24) is 9.13 Å². The number of carbonyl (C=O) groups is 1. The molecule has 2 heterocycles. The van der Waals surface area contributed by atoms with Gasteiger partial charge in [-0.2, -0.15) is 0 Å². The summed E-state index contributed by atoms with van der Waals surface area (Å²) in [6, 6.07) is 11.7. The molecule has 0 radical (unpaired) electrons. The number of rotatable bonds is 8. The van der Waals surface area contributed by atoms with Crippen LogP contribution < -0.4 is 30.8 Å². The average Bonchev–Trinajstić information content (AvgIpc) is 3.17. The number of nitrogens with zero attached hydrogens (tertiary/aromatic N) is 2. The topological polar surface area (TPSA) is 101 Å². The molecule has 0 saturated heterocycles. The molecule has 188 valence electrons. The Balaban J connectivity index is 1.81. The molecule has 1 N–H and O–H groups in total. The van der Waals surface area contributed by atoms with E-state index in [1.165, 1.54) is 30.1 Å². The van der Waals surface area contributed by atoms with Gasteiger partial charge >= 0.3 is 5.69 Å². The van der Waals surface area contributed by atoms with Crippen LogP contribution in [0.25, 0.3) is 15.9 Å². The van der Waals surface area contributed by atoms with E-state index in [4.69, 9.17) is 14.2 Å². The lowest BCUT2D eigenvalue weighted by molar-refractivity contribution is -0.116. The predicted molar refractivity (Wildman–Crippen MR) is 141 cm³/mol. The van der Waals surface area contributed by atoms with E-state index in [1.54, 1.807) is 42.5 Å². The maximum Gasteiger partial charge on any atom is 0.337 e. The van der Waals surface area contributed by atoms with Crippen LogP contribution in [0.2, 0.25) is 0 Å². The van der Waals surface area contributed by atoms with Gasteiger partial charge in [0, 0.05) is 10.9 Å². The van der Waals surface area contributed by atoms with Gasteiger partial charge in [0.1, 0.15) is 28.6 Å². The van der Waals surface area contributed by atoms with Crippen molar-refractivity contribution in [2.24, 2.45) is 0 Å². The fourth-order valence-electron chi connectivity index (χ4n) is 3.93. The van der Waals surface area contributed by atoms with Crippen molar-refractivity contribution in [2.45, 2.75) is 27.3 Å². The van der Waals surface area contributed by atoms with E-state index in [1.807, 2.05) is 20.8 Å². The first kappa shape index (κ1) is 25.1. The third-order valence-electron chi connectivity index (χ3n) is 5.84. The highest BCUT2D eigenvalue weighted by Crippen LogP contribution is 2.30. The predicted octanol–water partition coefficient (Wildman–Crippen LogP) is 3.89. The van der Waals surface area contributed by atoms with Gasteiger partial charge < -0.3 is 19.5 Å². The summed E-state index contributed by atoms with van der Waals surface area (Å²) in [5.41, 5.74) is 0.549. The first-order chi connectivity index (χ1) is 17.3. The summed E-state index contributed by atoms with van der Waals surface area (Å²) in [7, 11) is 3.02. The standard InChI is InChI=1S/C26H27N3O6S/c1-6-35-18-9-7-17(8-10-18)29-24(31)23-15(2)16(3)36-25(23)28(26(29)32)14-22(30)27-20-13-19(33-4)11-12-21(20)34-5/h7-13H,6,14H2,1-5H3,(H,27,30). The summed E-state index contributed by atoms with van der Waals surface area (Å²) < 4.78 is 18.5. The molecule has 10 heteroatoms. The van der Waals surface area contributed by atoms with Crippen molar-refractivity contribution in [1.29, 1.82) is 0 Å². The summed E-state index contributed by atoms with van der Waals surface area (Å²) in [6.45, 7) is 5.80. The van der Waals surface area contributed by atoms with Crippen LogP contribution in [0.4, 0.5) is 5.69 Å². The van der Waals surface area contributed by atoms with Crippen molar-refractivity contribution in [3.05, 3.63) is 73.7 Å². The lowest BCUT2D eigenvalue weighted by Crippen LogP contribution is -2.40. The van der Waals surface area contributed by atoms with E-state index >= 15 is 0 Å². The highest BCUT2D eigenvalue weighted by Gasteiger charge is 2.21.